The summed E-state index contributed by atoms with van der Waals surface area (Å²) in [5.74, 6) is 0. The Morgan fingerprint density at radius 3 is 2.67 bits per heavy atom. The summed E-state index contributed by atoms with van der Waals surface area (Å²) in [7, 11) is -3.04. The topological polar surface area (TPSA) is 75.4 Å². The van der Waals surface area contributed by atoms with E-state index in [2.05, 4.69) is 5.32 Å². The van der Waals surface area contributed by atoms with Crippen LogP contribution in [0.1, 0.15) is 39.0 Å². The van der Waals surface area contributed by atoms with Crippen molar-refractivity contribution in [3.8, 4) is 0 Å². The van der Waals surface area contributed by atoms with Crippen molar-refractivity contribution in [2.75, 3.05) is 25.9 Å². The lowest BCUT2D eigenvalue weighted by Crippen LogP contribution is -2.40. The van der Waals surface area contributed by atoms with Gasteiger partial charge in [-0.25, -0.2) is 12.7 Å². The number of rotatable bonds is 7. The fourth-order valence-electron chi connectivity index (χ4n) is 2.53. The van der Waals surface area contributed by atoms with Crippen LogP contribution < -0.4 is 11.1 Å². The van der Waals surface area contributed by atoms with Crippen molar-refractivity contribution < 1.29 is 8.42 Å². The van der Waals surface area contributed by atoms with E-state index in [0.29, 0.717) is 25.2 Å². The van der Waals surface area contributed by atoms with E-state index in [0.717, 1.165) is 25.8 Å². The molecule has 2 unspecified atom stereocenters. The summed E-state index contributed by atoms with van der Waals surface area (Å²) < 4.78 is 24.3. The third kappa shape index (κ3) is 5.65. The SMILES string of the molecule is CCN(CCCNC1CCCC(N)C1)S(C)(=O)=O. The van der Waals surface area contributed by atoms with E-state index in [1.54, 1.807) is 0 Å². The maximum Gasteiger partial charge on any atom is 0.211 e. The third-order valence-electron chi connectivity index (χ3n) is 3.55. The van der Waals surface area contributed by atoms with Crippen LogP contribution in [0.5, 0.6) is 0 Å². The van der Waals surface area contributed by atoms with Gasteiger partial charge in [-0.1, -0.05) is 13.3 Å². The molecule has 108 valence electrons. The molecular weight excluding hydrogens is 250 g/mol. The molecule has 1 aliphatic rings. The number of nitrogens with two attached hydrogens (primary N) is 1. The summed E-state index contributed by atoms with van der Waals surface area (Å²) in [6.07, 6.45) is 6.69. The van der Waals surface area contributed by atoms with E-state index < -0.39 is 10.0 Å². The second-order valence-electron chi connectivity index (χ2n) is 5.19. The first-order valence-electron chi connectivity index (χ1n) is 6.87. The van der Waals surface area contributed by atoms with Crippen LogP contribution in [0.4, 0.5) is 0 Å². The van der Waals surface area contributed by atoms with Crippen molar-refractivity contribution in [3.63, 3.8) is 0 Å². The van der Waals surface area contributed by atoms with Crippen molar-refractivity contribution in [1.82, 2.24) is 9.62 Å². The predicted molar refractivity (Wildman–Crippen MR) is 74.9 cm³/mol. The van der Waals surface area contributed by atoms with Crippen LogP contribution in [0.15, 0.2) is 0 Å². The quantitative estimate of drug-likeness (QED) is 0.665. The minimum Gasteiger partial charge on any atom is -0.328 e. The van der Waals surface area contributed by atoms with Crippen LogP contribution in [-0.4, -0.2) is 50.7 Å². The van der Waals surface area contributed by atoms with Crippen LogP contribution in [0, 0.1) is 0 Å². The minimum atomic E-state index is -3.04. The van der Waals surface area contributed by atoms with Crippen LogP contribution in [-0.2, 0) is 10.0 Å². The molecule has 6 heteroatoms. The Hall–Kier alpha value is -0.170. The summed E-state index contributed by atoms with van der Waals surface area (Å²) in [5.41, 5.74) is 5.93. The molecule has 0 bridgehead atoms. The van der Waals surface area contributed by atoms with Gasteiger partial charge in [-0.2, -0.15) is 0 Å². The molecule has 2 atom stereocenters. The molecule has 0 aromatic carbocycles. The Morgan fingerprint density at radius 2 is 2.11 bits per heavy atom. The van der Waals surface area contributed by atoms with Gasteiger partial charge in [0, 0.05) is 25.2 Å². The molecule has 1 saturated carbocycles. The average Bonchev–Trinajstić information content (AvgIpc) is 2.27. The van der Waals surface area contributed by atoms with Crippen LogP contribution in [0.2, 0.25) is 0 Å². The standard InChI is InChI=1S/C12H27N3O2S/c1-3-15(18(2,16)17)9-5-8-14-12-7-4-6-11(13)10-12/h11-12,14H,3-10,13H2,1-2H3. The lowest BCUT2D eigenvalue weighted by atomic mass is 9.91. The Morgan fingerprint density at radius 1 is 1.39 bits per heavy atom. The first-order valence-corrected chi connectivity index (χ1v) is 8.72. The molecule has 18 heavy (non-hydrogen) atoms. The highest BCUT2D eigenvalue weighted by Crippen LogP contribution is 2.16. The molecule has 0 aliphatic heterocycles. The summed E-state index contributed by atoms with van der Waals surface area (Å²) in [4.78, 5) is 0. The van der Waals surface area contributed by atoms with E-state index in [4.69, 9.17) is 5.73 Å². The van der Waals surface area contributed by atoms with Crippen LogP contribution in [0.3, 0.4) is 0 Å². The summed E-state index contributed by atoms with van der Waals surface area (Å²) in [6.45, 7) is 3.88. The molecule has 1 rings (SSSR count). The van der Waals surface area contributed by atoms with Gasteiger partial charge in [0.25, 0.3) is 0 Å². The van der Waals surface area contributed by atoms with Gasteiger partial charge >= 0.3 is 0 Å². The Labute approximate surface area is 111 Å². The van der Waals surface area contributed by atoms with Crippen molar-refractivity contribution in [2.24, 2.45) is 5.73 Å². The third-order valence-corrected chi connectivity index (χ3v) is 4.93. The van der Waals surface area contributed by atoms with Gasteiger partial charge in [0.1, 0.15) is 0 Å². The highest BCUT2D eigenvalue weighted by molar-refractivity contribution is 7.88. The minimum absolute atomic E-state index is 0.333. The smallest absolute Gasteiger partial charge is 0.211 e. The molecule has 0 aromatic heterocycles. The Bertz CT molecular complexity index is 332. The zero-order valence-electron chi connectivity index (χ0n) is 11.6. The van der Waals surface area contributed by atoms with Crippen molar-refractivity contribution in [2.45, 2.75) is 51.1 Å². The molecule has 3 N–H and O–H groups in total. The van der Waals surface area contributed by atoms with E-state index >= 15 is 0 Å². The maximum absolute atomic E-state index is 11.4. The largest absolute Gasteiger partial charge is 0.328 e. The number of hydrogen-bond donors (Lipinski definition) is 2. The number of nitrogens with zero attached hydrogens (tertiary/aromatic N) is 1. The number of sulfonamides is 1. The van der Waals surface area contributed by atoms with E-state index in [1.807, 2.05) is 6.92 Å². The predicted octanol–water partition coefficient (Wildman–Crippen LogP) is 0.518. The van der Waals surface area contributed by atoms with Gasteiger partial charge in [0.15, 0.2) is 0 Å². The molecule has 0 radical (unpaired) electrons. The highest BCUT2D eigenvalue weighted by atomic mass is 32.2. The van der Waals surface area contributed by atoms with E-state index in [1.165, 1.54) is 23.4 Å². The second-order valence-corrected chi connectivity index (χ2v) is 7.17. The van der Waals surface area contributed by atoms with Gasteiger partial charge in [-0.3, -0.25) is 0 Å². The molecule has 0 amide bonds. The van der Waals surface area contributed by atoms with Gasteiger partial charge in [-0.15, -0.1) is 0 Å². The van der Waals surface area contributed by atoms with Gasteiger partial charge in [0.2, 0.25) is 10.0 Å². The summed E-state index contributed by atoms with van der Waals surface area (Å²) in [5, 5.41) is 3.48. The molecule has 0 heterocycles. The molecule has 5 nitrogen and oxygen atoms in total. The highest BCUT2D eigenvalue weighted by Gasteiger charge is 2.18. The van der Waals surface area contributed by atoms with E-state index in [9.17, 15) is 8.42 Å². The number of hydrogen-bond acceptors (Lipinski definition) is 4. The lowest BCUT2D eigenvalue weighted by Gasteiger charge is -2.27. The second kappa shape index (κ2) is 7.43. The zero-order valence-corrected chi connectivity index (χ0v) is 12.4. The Balaban J connectivity index is 2.18. The monoisotopic (exact) mass is 277 g/mol. The first-order chi connectivity index (χ1) is 8.43. The van der Waals surface area contributed by atoms with Crippen molar-refractivity contribution in [1.29, 1.82) is 0 Å². The lowest BCUT2D eigenvalue weighted by molar-refractivity contribution is 0.332. The molecular formula is C12H27N3O2S. The van der Waals surface area contributed by atoms with E-state index in [-0.39, 0.29) is 0 Å². The Kier molecular flexibility index (Phi) is 6.55. The first kappa shape index (κ1) is 15.9. The zero-order chi connectivity index (χ0) is 13.6. The number of nitrogens with one attached hydrogen (secondary N) is 1. The molecule has 0 saturated heterocycles. The van der Waals surface area contributed by atoms with Gasteiger partial charge in [-0.05, 0) is 32.2 Å². The fourth-order valence-corrected chi connectivity index (χ4v) is 3.46. The summed E-state index contributed by atoms with van der Waals surface area (Å²) >= 11 is 0. The molecule has 1 fully saturated rings. The van der Waals surface area contributed by atoms with Gasteiger partial charge in [0.05, 0.1) is 6.26 Å². The summed E-state index contributed by atoms with van der Waals surface area (Å²) in [6, 6.07) is 0.849. The maximum atomic E-state index is 11.4. The normalized spacial score (nSPS) is 25.6. The van der Waals surface area contributed by atoms with Gasteiger partial charge < -0.3 is 11.1 Å². The average molecular weight is 277 g/mol. The molecule has 0 spiro atoms. The fraction of sp³-hybridized carbons (Fsp3) is 1.00. The van der Waals surface area contributed by atoms with Crippen LogP contribution in [0.25, 0.3) is 0 Å². The molecule has 0 aromatic rings. The van der Waals surface area contributed by atoms with Crippen molar-refractivity contribution >= 4 is 10.0 Å². The molecule has 1 aliphatic carbocycles. The van der Waals surface area contributed by atoms with Crippen molar-refractivity contribution in [3.05, 3.63) is 0 Å². The van der Waals surface area contributed by atoms with Crippen LogP contribution >= 0.6 is 0 Å².